The molecule has 0 radical (unpaired) electrons. The number of aliphatic hydroxyl groups excluding tert-OH is 1. The van der Waals surface area contributed by atoms with Gasteiger partial charge in [0.2, 0.25) is 5.91 Å². The Morgan fingerprint density at radius 2 is 2.13 bits per heavy atom. The van der Waals surface area contributed by atoms with E-state index < -0.39 is 0 Å². The van der Waals surface area contributed by atoms with Crippen molar-refractivity contribution in [2.24, 2.45) is 0 Å². The first-order chi connectivity index (χ1) is 6.88. The average molecular weight is 214 g/mol. The van der Waals surface area contributed by atoms with Gasteiger partial charge in [0.1, 0.15) is 0 Å². The Kier molecular flexibility index (Phi) is 3.73. The monoisotopic (exact) mass is 214 g/mol. The van der Waals surface area contributed by atoms with Gasteiger partial charge in [0.25, 0.3) is 0 Å². The highest BCUT2D eigenvalue weighted by atomic mass is 16.3. The van der Waals surface area contributed by atoms with E-state index in [0.717, 1.165) is 6.54 Å². The maximum absolute atomic E-state index is 12.1. The minimum absolute atomic E-state index is 0.0514. The van der Waals surface area contributed by atoms with Crippen LogP contribution in [0.25, 0.3) is 0 Å². The number of hydrogen-bond acceptors (Lipinski definition) is 3. The molecule has 1 rings (SSSR count). The third-order valence-electron chi connectivity index (χ3n) is 2.78. The molecule has 4 nitrogen and oxygen atoms in total. The Labute approximate surface area is 91.6 Å². The van der Waals surface area contributed by atoms with Gasteiger partial charge in [-0.05, 0) is 34.1 Å². The van der Waals surface area contributed by atoms with E-state index >= 15 is 0 Å². The van der Waals surface area contributed by atoms with E-state index in [1.165, 1.54) is 0 Å². The van der Waals surface area contributed by atoms with Crippen LogP contribution >= 0.6 is 0 Å². The molecule has 1 aliphatic heterocycles. The molecule has 0 saturated carbocycles. The van der Waals surface area contributed by atoms with E-state index in [0.29, 0.717) is 6.42 Å². The van der Waals surface area contributed by atoms with Crippen molar-refractivity contribution in [3.8, 4) is 0 Å². The number of nitrogens with one attached hydrogen (secondary N) is 1. The molecule has 88 valence electrons. The van der Waals surface area contributed by atoms with Crippen molar-refractivity contribution in [1.82, 2.24) is 10.2 Å². The van der Waals surface area contributed by atoms with Crippen molar-refractivity contribution in [2.45, 2.75) is 51.7 Å². The number of carbonyl (C=O) groups is 1. The number of aliphatic hydroxyl groups is 1. The maximum atomic E-state index is 12.1. The van der Waals surface area contributed by atoms with Gasteiger partial charge in [-0.15, -0.1) is 0 Å². The van der Waals surface area contributed by atoms with Crippen molar-refractivity contribution in [3.05, 3.63) is 0 Å². The normalized spacial score (nSPS) is 28.3. The Hall–Kier alpha value is -0.610. The summed E-state index contributed by atoms with van der Waals surface area (Å²) in [6, 6.07) is -0.00197. The fraction of sp³-hybridized carbons (Fsp3) is 0.909. The van der Waals surface area contributed by atoms with E-state index in [1.54, 1.807) is 0 Å². The lowest BCUT2D eigenvalue weighted by molar-refractivity contribution is -0.145. The third-order valence-corrected chi connectivity index (χ3v) is 2.78. The highest BCUT2D eigenvalue weighted by Crippen LogP contribution is 2.21. The molecule has 15 heavy (non-hydrogen) atoms. The van der Waals surface area contributed by atoms with Gasteiger partial charge in [-0.25, -0.2) is 0 Å². The van der Waals surface area contributed by atoms with Crippen molar-refractivity contribution in [2.75, 3.05) is 13.2 Å². The molecule has 4 heteroatoms. The van der Waals surface area contributed by atoms with Crippen LogP contribution < -0.4 is 5.32 Å². The first kappa shape index (κ1) is 12.5. The van der Waals surface area contributed by atoms with Gasteiger partial charge >= 0.3 is 0 Å². The Morgan fingerprint density at radius 1 is 1.53 bits per heavy atom. The van der Waals surface area contributed by atoms with Crippen LogP contribution in [0, 0.1) is 0 Å². The summed E-state index contributed by atoms with van der Waals surface area (Å²) in [6.07, 6.45) is 0.498. The fourth-order valence-electron chi connectivity index (χ4n) is 2.22. The van der Waals surface area contributed by atoms with Gasteiger partial charge in [-0.3, -0.25) is 4.79 Å². The van der Waals surface area contributed by atoms with Crippen LogP contribution in [0.4, 0.5) is 0 Å². The molecule has 2 atom stereocenters. The van der Waals surface area contributed by atoms with Crippen LogP contribution in [0.5, 0.6) is 0 Å². The Balaban J connectivity index is 2.79. The second-order valence-electron chi connectivity index (χ2n) is 5.20. The molecule has 0 aromatic heterocycles. The molecule has 2 unspecified atom stereocenters. The molecule has 0 bridgehead atoms. The standard InChI is InChI=1S/C11H22N2O2/c1-8-7-12-9(5-6-14)10(15)13(8)11(2,3)4/h8-9,12,14H,5-7H2,1-4H3. The largest absolute Gasteiger partial charge is 0.396 e. The van der Waals surface area contributed by atoms with E-state index in [-0.39, 0.29) is 30.1 Å². The first-order valence-corrected chi connectivity index (χ1v) is 5.55. The second kappa shape index (κ2) is 4.49. The lowest BCUT2D eigenvalue weighted by Crippen LogP contribution is -2.64. The molecular formula is C11H22N2O2. The number of rotatable bonds is 2. The molecule has 0 aromatic carbocycles. The van der Waals surface area contributed by atoms with Gasteiger partial charge in [0.15, 0.2) is 0 Å². The number of nitrogens with zero attached hydrogens (tertiary/aromatic N) is 1. The maximum Gasteiger partial charge on any atom is 0.240 e. The lowest BCUT2D eigenvalue weighted by Gasteiger charge is -2.46. The summed E-state index contributed by atoms with van der Waals surface area (Å²) in [7, 11) is 0. The van der Waals surface area contributed by atoms with Crippen molar-refractivity contribution in [3.63, 3.8) is 0 Å². The molecule has 0 spiro atoms. The highest BCUT2D eigenvalue weighted by Gasteiger charge is 2.38. The molecule has 1 aliphatic rings. The molecule has 1 saturated heterocycles. The van der Waals surface area contributed by atoms with E-state index in [9.17, 15) is 4.79 Å². The SMILES string of the molecule is CC1CNC(CCO)C(=O)N1C(C)(C)C. The molecule has 1 fully saturated rings. The molecule has 0 aliphatic carbocycles. The summed E-state index contributed by atoms with van der Waals surface area (Å²) in [5.74, 6) is 0.107. The lowest BCUT2D eigenvalue weighted by atomic mass is 9.97. The smallest absolute Gasteiger partial charge is 0.240 e. The predicted molar refractivity (Wildman–Crippen MR) is 59.6 cm³/mol. The molecular weight excluding hydrogens is 192 g/mol. The zero-order valence-electron chi connectivity index (χ0n) is 10.1. The van der Waals surface area contributed by atoms with Crippen molar-refractivity contribution < 1.29 is 9.90 Å². The second-order valence-corrected chi connectivity index (χ2v) is 5.20. The number of hydrogen-bond donors (Lipinski definition) is 2. The van der Waals surface area contributed by atoms with E-state index in [2.05, 4.69) is 5.32 Å². The predicted octanol–water partition coefficient (Wildman–Crippen LogP) is 0.356. The van der Waals surface area contributed by atoms with E-state index in [4.69, 9.17) is 5.11 Å². The number of carbonyl (C=O) groups excluding carboxylic acids is 1. The van der Waals surface area contributed by atoms with Crippen molar-refractivity contribution >= 4 is 5.91 Å². The summed E-state index contributed by atoms with van der Waals surface area (Å²) in [4.78, 5) is 14.0. The summed E-state index contributed by atoms with van der Waals surface area (Å²) in [5, 5.41) is 12.1. The Morgan fingerprint density at radius 3 is 2.60 bits per heavy atom. The van der Waals surface area contributed by atoms with E-state index in [1.807, 2.05) is 32.6 Å². The highest BCUT2D eigenvalue weighted by molar-refractivity contribution is 5.83. The zero-order chi connectivity index (χ0) is 11.6. The summed E-state index contributed by atoms with van der Waals surface area (Å²) >= 11 is 0. The van der Waals surface area contributed by atoms with Crippen LogP contribution in [0.1, 0.15) is 34.1 Å². The number of piperazine rings is 1. The van der Waals surface area contributed by atoms with Gasteiger partial charge in [-0.1, -0.05) is 0 Å². The van der Waals surface area contributed by atoms with Gasteiger partial charge in [0.05, 0.1) is 6.04 Å². The average Bonchev–Trinajstić information content (AvgIpc) is 2.08. The zero-order valence-corrected chi connectivity index (χ0v) is 10.1. The summed E-state index contributed by atoms with van der Waals surface area (Å²) in [5.41, 5.74) is -0.147. The summed E-state index contributed by atoms with van der Waals surface area (Å²) in [6.45, 7) is 9.03. The quantitative estimate of drug-likeness (QED) is 0.697. The van der Waals surface area contributed by atoms with Crippen LogP contribution in [-0.4, -0.2) is 46.7 Å². The first-order valence-electron chi connectivity index (χ1n) is 5.55. The van der Waals surface area contributed by atoms with Crippen molar-refractivity contribution in [1.29, 1.82) is 0 Å². The molecule has 0 aromatic rings. The fourth-order valence-corrected chi connectivity index (χ4v) is 2.22. The van der Waals surface area contributed by atoms with Crippen LogP contribution in [0.15, 0.2) is 0 Å². The van der Waals surface area contributed by atoms with Crippen LogP contribution in [-0.2, 0) is 4.79 Å². The topological polar surface area (TPSA) is 52.6 Å². The summed E-state index contributed by atoms with van der Waals surface area (Å²) < 4.78 is 0. The van der Waals surface area contributed by atoms with Crippen LogP contribution in [0.3, 0.4) is 0 Å². The minimum Gasteiger partial charge on any atom is -0.396 e. The van der Waals surface area contributed by atoms with Gasteiger partial charge < -0.3 is 15.3 Å². The Bertz CT molecular complexity index is 235. The molecule has 2 N–H and O–H groups in total. The molecule has 1 amide bonds. The van der Waals surface area contributed by atoms with Crippen LogP contribution in [0.2, 0.25) is 0 Å². The van der Waals surface area contributed by atoms with Gasteiger partial charge in [0, 0.05) is 24.7 Å². The number of amides is 1. The minimum atomic E-state index is -0.217. The van der Waals surface area contributed by atoms with Gasteiger partial charge in [-0.2, -0.15) is 0 Å². The molecule has 1 heterocycles. The third kappa shape index (κ3) is 2.69.